The second-order valence-corrected chi connectivity index (χ2v) is 4.27. The predicted molar refractivity (Wildman–Crippen MR) is 63.6 cm³/mol. The van der Waals surface area contributed by atoms with Crippen molar-refractivity contribution in [1.82, 2.24) is 5.32 Å². The van der Waals surface area contributed by atoms with E-state index in [1.54, 1.807) is 0 Å². The van der Waals surface area contributed by atoms with Gasteiger partial charge in [-0.05, 0) is 18.9 Å². The zero-order valence-electron chi connectivity index (χ0n) is 9.30. The van der Waals surface area contributed by atoms with E-state index in [9.17, 15) is 0 Å². The van der Waals surface area contributed by atoms with Crippen molar-refractivity contribution in [2.45, 2.75) is 31.3 Å². The van der Waals surface area contributed by atoms with Crippen LogP contribution in [0.4, 0.5) is 0 Å². The number of nitrogens with one attached hydrogen (secondary N) is 1. The Bertz CT molecular complexity index is 377. The summed E-state index contributed by atoms with van der Waals surface area (Å²) in [5.74, 6) is 0.800. The Labute approximate surface area is 95.1 Å². The number of nitrogens with two attached hydrogens (primary N) is 1. The van der Waals surface area contributed by atoms with Crippen LogP contribution in [0.1, 0.15) is 24.8 Å². The minimum absolute atomic E-state index is 0.0799. The zero-order chi connectivity index (χ0) is 11.5. The summed E-state index contributed by atoms with van der Waals surface area (Å²) in [5.41, 5.74) is 6.87. The van der Waals surface area contributed by atoms with Crippen LogP contribution in [0.25, 0.3) is 0 Å². The van der Waals surface area contributed by atoms with E-state index in [1.165, 1.54) is 5.56 Å². The molecule has 4 heteroatoms. The van der Waals surface area contributed by atoms with E-state index in [0.29, 0.717) is 12.0 Å². The maximum absolute atomic E-state index is 8.54. The Balaban J connectivity index is 1.89. The van der Waals surface area contributed by atoms with Gasteiger partial charge in [-0.3, -0.25) is 0 Å². The van der Waals surface area contributed by atoms with Crippen LogP contribution >= 0.6 is 0 Å². The molecule has 16 heavy (non-hydrogen) atoms. The lowest BCUT2D eigenvalue weighted by Gasteiger charge is -2.11. The lowest BCUT2D eigenvalue weighted by Crippen LogP contribution is -2.40. The van der Waals surface area contributed by atoms with Crippen molar-refractivity contribution in [1.29, 1.82) is 0 Å². The van der Waals surface area contributed by atoms with E-state index in [4.69, 9.17) is 10.9 Å². The number of amidine groups is 1. The summed E-state index contributed by atoms with van der Waals surface area (Å²) in [6.45, 7) is 1.90. The van der Waals surface area contributed by atoms with Crippen LogP contribution in [0.2, 0.25) is 0 Å². The topological polar surface area (TPSA) is 70.6 Å². The molecule has 1 aromatic carbocycles. The van der Waals surface area contributed by atoms with Gasteiger partial charge in [0.15, 0.2) is 5.84 Å². The van der Waals surface area contributed by atoms with Crippen molar-refractivity contribution in [3.63, 3.8) is 0 Å². The molecule has 0 spiro atoms. The number of hydrogen-bond acceptors (Lipinski definition) is 3. The number of oxime groups is 1. The average molecular weight is 219 g/mol. The molecule has 2 rings (SSSR count). The van der Waals surface area contributed by atoms with Gasteiger partial charge in [-0.1, -0.05) is 35.5 Å². The van der Waals surface area contributed by atoms with Crippen LogP contribution in [0.15, 0.2) is 35.5 Å². The van der Waals surface area contributed by atoms with E-state index in [-0.39, 0.29) is 11.9 Å². The molecule has 3 atom stereocenters. The van der Waals surface area contributed by atoms with Gasteiger partial charge in [0.05, 0.1) is 6.04 Å². The Kier molecular flexibility index (Phi) is 3.10. The highest BCUT2D eigenvalue weighted by molar-refractivity contribution is 5.84. The molecule has 1 aliphatic rings. The third-order valence-electron chi connectivity index (χ3n) is 3.04. The highest BCUT2D eigenvalue weighted by Gasteiger charge is 2.39. The van der Waals surface area contributed by atoms with Crippen molar-refractivity contribution in [3.8, 4) is 0 Å². The second kappa shape index (κ2) is 4.53. The van der Waals surface area contributed by atoms with Crippen molar-refractivity contribution in [3.05, 3.63) is 35.9 Å². The first-order chi connectivity index (χ1) is 7.72. The van der Waals surface area contributed by atoms with Crippen molar-refractivity contribution < 1.29 is 5.21 Å². The molecule has 4 N–H and O–H groups in total. The van der Waals surface area contributed by atoms with E-state index in [2.05, 4.69) is 34.7 Å². The largest absolute Gasteiger partial charge is 0.409 e. The highest BCUT2D eigenvalue weighted by atomic mass is 16.4. The molecule has 1 aromatic rings. The van der Waals surface area contributed by atoms with Crippen LogP contribution in [-0.4, -0.2) is 23.1 Å². The lowest BCUT2D eigenvalue weighted by atomic mass is 10.1. The molecule has 86 valence electrons. The summed E-state index contributed by atoms with van der Waals surface area (Å²) in [5, 5.41) is 14.9. The smallest absolute Gasteiger partial charge is 0.156 e. The summed E-state index contributed by atoms with van der Waals surface area (Å²) < 4.78 is 0. The molecule has 0 aromatic heterocycles. The fourth-order valence-corrected chi connectivity index (χ4v) is 1.94. The first-order valence-electron chi connectivity index (χ1n) is 5.50. The van der Waals surface area contributed by atoms with Gasteiger partial charge in [0, 0.05) is 12.0 Å². The summed E-state index contributed by atoms with van der Waals surface area (Å²) in [6.07, 6.45) is 1.12. The first-order valence-corrected chi connectivity index (χ1v) is 5.50. The van der Waals surface area contributed by atoms with E-state index in [1.807, 2.05) is 13.0 Å². The first kappa shape index (κ1) is 11.0. The van der Waals surface area contributed by atoms with Gasteiger partial charge >= 0.3 is 0 Å². The maximum Gasteiger partial charge on any atom is 0.156 e. The SMILES string of the molecule is CC(NC1CC1c1ccccc1)C(N)=NO. The molecule has 0 saturated heterocycles. The molecule has 3 unspecified atom stereocenters. The predicted octanol–water partition coefficient (Wildman–Crippen LogP) is 1.27. The number of nitrogens with zero attached hydrogens (tertiary/aromatic N) is 1. The molecule has 0 radical (unpaired) electrons. The molecule has 1 aliphatic carbocycles. The van der Waals surface area contributed by atoms with Crippen LogP contribution in [-0.2, 0) is 0 Å². The summed E-state index contributed by atoms with van der Waals surface area (Å²) in [4.78, 5) is 0. The molecule has 0 aliphatic heterocycles. The Morgan fingerprint density at radius 1 is 1.50 bits per heavy atom. The van der Waals surface area contributed by atoms with Gasteiger partial charge in [0.2, 0.25) is 0 Å². The quantitative estimate of drug-likeness (QED) is 0.309. The molecular formula is C12H17N3O. The molecule has 0 amide bonds. The van der Waals surface area contributed by atoms with Gasteiger partial charge in [0.1, 0.15) is 0 Å². The van der Waals surface area contributed by atoms with Gasteiger partial charge in [-0.2, -0.15) is 0 Å². The van der Waals surface area contributed by atoms with E-state index < -0.39 is 0 Å². The zero-order valence-corrected chi connectivity index (χ0v) is 9.30. The fourth-order valence-electron chi connectivity index (χ4n) is 1.94. The highest BCUT2D eigenvalue weighted by Crippen LogP contribution is 2.40. The summed E-state index contributed by atoms with van der Waals surface area (Å²) in [7, 11) is 0. The Hall–Kier alpha value is -1.55. The maximum atomic E-state index is 8.54. The normalized spacial score (nSPS) is 26.4. The van der Waals surface area contributed by atoms with Gasteiger partial charge in [-0.15, -0.1) is 0 Å². The fraction of sp³-hybridized carbons (Fsp3) is 0.417. The minimum atomic E-state index is -0.0799. The number of hydrogen-bond donors (Lipinski definition) is 3. The van der Waals surface area contributed by atoms with Gasteiger partial charge < -0.3 is 16.3 Å². The summed E-state index contributed by atoms with van der Waals surface area (Å²) >= 11 is 0. The Morgan fingerprint density at radius 2 is 2.19 bits per heavy atom. The summed E-state index contributed by atoms with van der Waals surface area (Å²) in [6, 6.07) is 10.8. The second-order valence-electron chi connectivity index (χ2n) is 4.27. The molecule has 0 heterocycles. The van der Waals surface area contributed by atoms with E-state index in [0.717, 1.165) is 6.42 Å². The van der Waals surface area contributed by atoms with Crippen LogP contribution in [0.3, 0.4) is 0 Å². The lowest BCUT2D eigenvalue weighted by molar-refractivity contribution is 0.315. The average Bonchev–Trinajstić information content (AvgIpc) is 3.08. The Morgan fingerprint density at radius 3 is 2.81 bits per heavy atom. The third kappa shape index (κ3) is 2.33. The van der Waals surface area contributed by atoms with Crippen molar-refractivity contribution in [2.75, 3.05) is 0 Å². The monoisotopic (exact) mass is 219 g/mol. The number of rotatable bonds is 4. The molecular weight excluding hydrogens is 202 g/mol. The number of benzene rings is 1. The minimum Gasteiger partial charge on any atom is -0.409 e. The van der Waals surface area contributed by atoms with Crippen LogP contribution in [0, 0.1) is 0 Å². The molecule has 0 bridgehead atoms. The van der Waals surface area contributed by atoms with Gasteiger partial charge in [0.25, 0.3) is 0 Å². The molecule has 1 saturated carbocycles. The molecule has 4 nitrogen and oxygen atoms in total. The third-order valence-corrected chi connectivity index (χ3v) is 3.04. The van der Waals surface area contributed by atoms with Crippen molar-refractivity contribution in [2.24, 2.45) is 10.9 Å². The van der Waals surface area contributed by atoms with Gasteiger partial charge in [-0.25, -0.2) is 0 Å². The molecule has 1 fully saturated rings. The van der Waals surface area contributed by atoms with E-state index >= 15 is 0 Å². The standard InChI is InChI=1S/C12H17N3O/c1-8(12(13)15-16)14-11-7-10(11)9-5-3-2-4-6-9/h2-6,8,10-11,14,16H,7H2,1H3,(H2,13,15). The van der Waals surface area contributed by atoms with Crippen LogP contribution < -0.4 is 11.1 Å². The van der Waals surface area contributed by atoms with Crippen molar-refractivity contribution >= 4 is 5.84 Å². The van der Waals surface area contributed by atoms with Crippen LogP contribution in [0.5, 0.6) is 0 Å².